The van der Waals surface area contributed by atoms with E-state index < -0.39 is 0 Å². The van der Waals surface area contributed by atoms with Crippen molar-refractivity contribution in [2.45, 2.75) is 110 Å². The fourth-order valence-electron chi connectivity index (χ4n) is 5.12. The van der Waals surface area contributed by atoms with Gasteiger partial charge >= 0.3 is 0 Å². The van der Waals surface area contributed by atoms with E-state index in [4.69, 9.17) is 0 Å². The molecule has 32 heavy (non-hydrogen) atoms. The minimum atomic E-state index is 0.921. The number of hydrogen-bond acceptors (Lipinski definition) is 0. The molecule has 1 unspecified atom stereocenters. The van der Waals surface area contributed by atoms with Crippen molar-refractivity contribution in [2.24, 2.45) is 5.92 Å². The smallest absolute Gasteiger partial charge is 0.0184 e. The fourth-order valence-corrected chi connectivity index (χ4v) is 5.12. The lowest BCUT2D eigenvalue weighted by Gasteiger charge is -2.22. The maximum atomic E-state index is 2.54. The molecule has 1 atom stereocenters. The van der Waals surface area contributed by atoms with Crippen LogP contribution in [0.5, 0.6) is 0 Å². The van der Waals surface area contributed by atoms with Gasteiger partial charge < -0.3 is 0 Å². The van der Waals surface area contributed by atoms with Crippen LogP contribution in [0, 0.1) is 5.92 Å². The van der Waals surface area contributed by atoms with Gasteiger partial charge in [0.1, 0.15) is 0 Å². The molecule has 0 bridgehead atoms. The number of benzene rings is 2. The molecule has 0 aliphatic heterocycles. The summed E-state index contributed by atoms with van der Waals surface area (Å²) in [6.45, 7) is 4.58. The molecular formula is C32H46. The molecule has 0 nitrogen and oxygen atoms in total. The third-order valence-electron chi connectivity index (χ3n) is 7.35. The summed E-state index contributed by atoms with van der Waals surface area (Å²) in [6, 6.07) is 18.6. The van der Waals surface area contributed by atoms with Gasteiger partial charge in [-0.3, -0.25) is 0 Å². The van der Waals surface area contributed by atoms with Crippen molar-refractivity contribution in [2.75, 3.05) is 0 Å². The van der Waals surface area contributed by atoms with Crippen LogP contribution in [-0.2, 0) is 6.42 Å². The predicted octanol–water partition coefficient (Wildman–Crippen LogP) is 10.4. The van der Waals surface area contributed by atoms with Crippen LogP contribution < -0.4 is 0 Å². The lowest BCUT2D eigenvalue weighted by atomic mass is 9.83. The summed E-state index contributed by atoms with van der Waals surface area (Å²) < 4.78 is 0. The molecule has 0 heterocycles. The van der Waals surface area contributed by atoms with Gasteiger partial charge in [0, 0.05) is 0 Å². The standard InChI is InChI=1S/C32H46/c1-3-5-7-9-10-12-14-28-17-21-30(22-18-28)32-25-23-31(24-26-32)29-19-15-27(16-20-29)13-11-8-6-4-2/h15-16,19-21,23-26,28H,3-14,17-18,22H2,1-2H3. The first kappa shape index (κ1) is 24.8. The lowest BCUT2D eigenvalue weighted by Crippen LogP contribution is -2.05. The third-order valence-corrected chi connectivity index (χ3v) is 7.35. The number of unbranched alkanes of at least 4 members (excludes halogenated alkanes) is 8. The second kappa shape index (κ2) is 14.4. The normalized spacial score (nSPS) is 16.2. The summed E-state index contributed by atoms with van der Waals surface area (Å²) in [5.74, 6) is 0.921. The van der Waals surface area contributed by atoms with Gasteiger partial charge in [0.05, 0.1) is 0 Å². The molecule has 0 N–H and O–H groups in total. The number of allylic oxidation sites excluding steroid dienone is 2. The van der Waals surface area contributed by atoms with E-state index in [2.05, 4.69) is 68.5 Å². The Hall–Kier alpha value is -1.82. The highest BCUT2D eigenvalue weighted by Gasteiger charge is 2.15. The summed E-state index contributed by atoms with van der Waals surface area (Å²) >= 11 is 0. The van der Waals surface area contributed by atoms with E-state index in [1.807, 2.05) is 0 Å². The summed E-state index contributed by atoms with van der Waals surface area (Å²) in [5.41, 5.74) is 7.15. The number of hydrogen-bond donors (Lipinski definition) is 0. The molecule has 0 fully saturated rings. The van der Waals surface area contributed by atoms with Gasteiger partial charge in [0.15, 0.2) is 0 Å². The minimum Gasteiger partial charge on any atom is -0.0804 e. The number of rotatable bonds is 14. The predicted molar refractivity (Wildman–Crippen MR) is 143 cm³/mol. The third kappa shape index (κ3) is 8.27. The van der Waals surface area contributed by atoms with E-state index in [0.717, 1.165) is 5.92 Å². The Bertz CT molecular complexity index is 778. The Kier molecular flexibility index (Phi) is 11.1. The van der Waals surface area contributed by atoms with E-state index >= 15 is 0 Å². The van der Waals surface area contributed by atoms with Gasteiger partial charge in [-0.25, -0.2) is 0 Å². The van der Waals surface area contributed by atoms with Gasteiger partial charge in [-0.1, -0.05) is 133 Å². The van der Waals surface area contributed by atoms with Crippen molar-refractivity contribution in [3.63, 3.8) is 0 Å². The van der Waals surface area contributed by atoms with E-state index in [-0.39, 0.29) is 0 Å². The molecule has 2 aromatic carbocycles. The molecule has 0 saturated carbocycles. The van der Waals surface area contributed by atoms with Gasteiger partial charge in [-0.15, -0.1) is 0 Å². The monoisotopic (exact) mass is 430 g/mol. The summed E-state index contributed by atoms with van der Waals surface area (Å²) in [7, 11) is 0. The van der Waals surface area contributed by atoms with Crippen molar-refractivity contribution in [3.8, 4) is 11.1 Å². The molecule has 0 aromatic heterocycles. The quantitative estimate of drug-likeness (QED) is 0.261. The van der Waals surface area contributed by atoms with Gasteiger partial charge in [-0.05, 0) is 65.8 Å². The Balaban J connectivity index is 1.45. The minimum absolute atomic E-state index is 0.921. The molecule has 1 aliphatic carbocycles. The van der Waals surface area contributed by atoms with Crippen molar-refractivity contribution >= 4 is 5.57 Å². The van der Waals surface area contributed by atoms with Crippen molar-refractivity contribution in [1.82, 2.24) is 0 Å². The van der Waals surface area contributed by atoms with Crippen molar-refractivity contribution in [1.29, 1.82) is 0 Å². The average Bonchev–Trinajstić information content (AvgIpc) is 2.85. The molecule has 0 radical (unpaired) electrons. The van der Waals surface area contributed by atoms with Crippen LogP contribution in [-0.4, -0.2) is 0 Å². The molecule has 1 aliphatic rings. The summed E-state index contributed by atoms with van der Waals surface area (Å²) in [4.78, 5) is 0. The van der Waals surface area contributed by atoms with Crippen LogP contribution in [0.1, 0.15) is 115 Å². The second-order valence-corrected chi connectivity index (χ2v) is 10.0. The molecule has 2 aromatic rings. The fraction of sp³-hybridized carbons (Fsp3) is 0.562. The number of aryl methyl sites for hydroxylation is 1. The highest BCUT2D eigenvalue weighted by Crippen LogP contribution is 2.33. The van der Waals surface area contributed by atoms with E-state index in [0.29, 0.717) is 0 Å². The molecule has 0 saturated heterocycles. The van der Waals surface area contributed by atoms with Gasteiger partial charge in [0.25, 0.3) is 0 Å². The molecule has 0 spiro atoms. The van der Waals surface area contributed by atoms with Crippen LogP contribution in [0.3, 0.4) is 0 Å². The topological polar surface area (TPSA) is 0 Å². The Labute approximate surface area is 198 Å². The van der Waals surface area contributed by atoms with Crippen LogP contribution >= 0.6 is 0 Å². The molecule has 174 valence electrons. The highest BCUT2D eigenvalue weighted by molar-refractivity contribution is 5.71. The maximum Gasteiger partial charge on any atom is -0.0184 e. The van der Waals surface area contributed by atoms with E-state index in [1.54, 1.807) is 5.57 Å². The lowest BCUT2D eigenvalue weighted by molar-refractivity contribution is 0.423. The SMILES string of the molecule is CCCCCCCCC1CC=C(c2ccc(-c3ccc(CCCCCC)cc3)cc2)CC1. The maximum absolute atomic E-state index is 2.54. The van der Waals surface area contributed by atoms with Crippen molar-refractivity contribution < 1.29 is 0 Å². The molecule has 3 rings (SSSR count). The zero-order valence-electron chi connectivity index (χ0n) is 20.9. The van der Waals surface area contributed by atoms with Gasteiger partial charge in [0.2, 0.25) is 0 Å². The van der Waals surface area contributed by atoms with Crippen LogP contribution in [0.25, 0.3) is 16.7 Å². The van der Waals surface area contributed by atoms with Crippen LogP contribution in [0.4, 0.5) is 0 Å². The Morgan fingerprint density at radius 2 is 1.19 bits per heavy atom. The summed E-state index contributed by atoms with van der Waals surface area (Å²) in [5, 5.41) is 0. The average molecular weight is 431 g/mol. The Morgan fingerprint density at radius 1 is 0.625 bits per heavy atom. The Morgan fingerprint density at radius 3 is 1.81 bits per heavy atom. The zero-order chi connectivity index (χ0) is 22.4. The van der Waals surface area contributed by atoms with E-state index in [9.17, 15) is 0 Å². The van der Waals surface area contributed by atoms with Crippen LogP contribution in [0.15, 0.2) is 54.6 Å². The highest BCUT2D eigenvalue weighted by atomic mass is 14.2. The van der Waals surface area contributed by atoms with E-state index in [1.165, 1.54) is 119 Å². The first-order chi connectivity index (χ1) is 15.8. The van der Waals surface area contributed by atoms with Crippen LogP contribution in [0.2, 0.25) is 0 Å². The largest absolute Gasteiger partial charge is 0.0804 e. The molecule has 0 heteroatoms. The zero-order valence-corrected chi connectivity index (χ0v) is 20.9. The second-order valence-electron chi connectivity index (χ2n) is 10.0. The molecular weight excluding hydrogens is 384 g/mol. The van der Waals surface area contributed by atoms with Crippen molar-refractivity contribution in [3.05, 3.63) is 65.7 Å². The summed E-state index contributed by atoms with van der Waals surface area (Å²) in [6.07, 6.45) is 23.0. The first-order valence-corrected chi connectivity index (χ1v) is 13.7. The molecule has 0 amide bonds. The van der Waals surface area contributed by atoms with Gasteiger partial charge in [-0.2, -0.15) is 0 Å². The first-order valence-electron chi connectivity index (χ1n) is 13.7.